The zero-order valence-corrected chi connectivity index (χ0v) is 12.3. The number of ether oxygens (including phenoxy) is 2. The van der Waals surface area contributed by atoms with Gasteiger partial charge >= 0.3 is 0 Å². The molecule has 4 rings (SSSR count). The molecule has 1 aromatic heterocycles. The molecule has 0 N–H and O–H groups in total. The second-order valence-corrected chi connectivity index (χ2v) is 5.78. The third-order valence-electron chi connectivity index (χ3n) is 4.03. The van der Waals surface area contributed by atoms with Crippen LogP contribution < -0.4 is 4.74 Å². The van der Waals surface area contributed by atoms with Crippen LogP contribution in [0.5, 0.6) is 5.75 Å². The Morgan fingerprint density at radius 1 is 1.19 bits per heavy atom. The first kappa shape index (κ1) is 13.0. The van der Waals surface area contributed by atoms with Crippen molar-refractivity contribution < 1.29 is 9.47 Å². The summed E-state index contributed by atoms with van der Waals surface area (Å²) in [5.74, 6) is 1.91. The van der Waals surface area contributed by atoms with Gasteiger partial charge in [-0.15, -0.1) is 0 Å². The van der Waals surface area contributed by atoms with Gasteiger partial charge in [-0.3, -0.25) is 0 Å². The van der Waals surface area contributed by atoms with Crippen LogP contribution in [0.2, 0.25) is 5.15 Å². The van der Waals surface area contributed by atoms with Crippen LogP contribution in [-0.4, -0.2) is 23.2 Å². The van der Waals surface area contributed by atoms with E-state index in [9.17, 15) is 0 Å². The van der Waals surface area contributed by atoms with Gasteiger partial charge in [0.2, 0.25) is 0 Å². The zero-order valence-electron chi connectivity index (χ0n) is 11.5. The lowest BCUT2D eigenvalue weighted by Gasteiger charge is -2.25. The van der Waals surface area contributed by atoms with Crippen LogP contribution in [-0.2, 0) is 24.2 Å². The van der Waals surface area contributed by atoms with Crippen molar-refractivity contribution in [3.8, 4) is 5.75 Å². The highest BCUT2D eigenvalue weighted by Gasteiger charge is 2.26. The quantitative estimate of drug-likeness (QED) is 0.760. The number of halogens is 1. The summed E-state index contributed by atoms with van der Waals surface area (Å²) in [6.45, 7) is 1.81. The van der Waals surface area contributed by atoms with Gasteiger partial charge in [0.1, 0.15) is 16.7 Å². The van der Waals surface area contributed by atoms with E-state index in [1.54, 1.807) is 0 Å². The SMILES string of the molecule is Clc1nc(C2COc3ccccc3C2)nc2c1COCC2. The standard InChI is InChI=1S/C16H15ClN2O2/c17-15-12-9-20-6-5-13(12)18-16(19-15)11-7-10-3-1-2-4-14(10)21-8-11/h1-4,11H,5-9H2. The van der Waals surface area contributed by atoms with E-state index in [-0.39, 0.29) is 5.92 Å². The molecule has 21 heavy (non-hydrogen) atoms. The van der Waals surface area contributed by atoms with Crippen molar-refractivity contribution in [3.05, 3.63) is 52.1 Å². The number of aromatic nitrogens is 2. The summed E-state index contributed by atoms with van der Waals surface area (Å²) in [4.78, 5) is 9.19. The van der Waals surface area contributed by atoms with E-state index >= 15 is 0 Å². The summed E-state index contributed by atoms with van der Waals surface area (Å²) in [6, 6.07) is 8.12. The molecule has 1 atom stereocenters. The fourth-order valence-electron chi connectivity index (χ4n) is 2.89. The number of para-hydroxylation sites is 1. The summed E-state index contributed by atoms with van der Waals surface area (Å²) < 4.78 is 11.2. The molecular weight excluding hydrogens is 288 g/mol. The first-order chi connectivity index (χ1) is 10.3. The van der Waals surface area contributed by atoms with E-state index in [0.717, 1.165) is 35.7 Å². The lowest BCUT2D eigenvalue weighted by Crippen LogP contribution is -2.23. The van der Waals surface area contributed by atoms with Crippen LogP contribution >= 0.6 is 11.6 Å². The Labute approximate surface area is 128 Å². The Hall–Kier alpha value is -1.65. The van der Waals surface area contributed by atoms with E-state index in [0.29, 0.717) is 25.0 Å². The number of rotatable bonds is 1. The fraction of sp³-hybridized carbons (Fsp3) is 0.375. The predicted octanol–water partition coefficient (Wildman–Crippen LogP) is 2.92. The third kappa shape index (κ3) is 2.39. The third-order valence-corrected chi connectivity index (χ3v) is 4.35. The molecule has 0 radical (unpaired) electrons. The summed E-state index contributed by atoms with van der Waals surface area (Å²) >= 11 is 6.29. The number of hydrogen-bond donors (Lipinski definition) is 0. The lowest BCUT2D eigenvalue weighted by atomic mass is 9.95. The van der Waals surface area contributed by atoms with E-state index < -0.39 is 0 Å². The molecule has 0 saturated carbocycles. The Balaban J connectivity index is 1.67. The summed E-state index contributed by atoms with van der Waals surface area (Å²) in [5, 5.41) is 0.522. The Bertz CT molecular complexity index is 690. The molecule has 108 valence electrons. The molecule has 0 fully saturated rings. The van der Waals surface area contributed by atoms with E-state index in [2.05, 4.69) is 11.1 Å². The Morgan fingerprint density at radius 3 is 3.05 bits per heavy atom. The van der Waals surface area contributed by atoms with Gasteiger partial charge in [-0.25, -0.2) is 9.97 Å². The largest absolute Gasteiger partial charge is 0.493 e. The average Bonchev–Trinajstić information content (AvgIpc) is 2.54. The summed E-state index contributed by atoms with van der Waals surface area (Å²) in [5.41, 5.74) is 3.16. The van der Waals surface area contributed by atoms with Crippen LogP contribution in [0.25, 0.3) is 0 Å². The highest BCUT2D eigenvalue weighted by Crippen LogP contribution is 2.32. The Kier molecular flexibility index (Phi) is 3.28. The maximum atomic E-state index is 6.29. The monoisotopic (exact) mass is 302 g/mol. The van der Waals surface area contributed by atoms with Crippen molar-refractivity contribution in [1.29, 1.82) is 0 Å². The van der Waals surface area contributed by atoms with Crippen molar-refractivity contribution in [1.82, 2.24) is 9.97 Å². The fourth-order valence-corrected chi connectivity index (χ4v) is 3.14. The molecule has 0 bridgehead atoms. The molecule has 0 aliphatic carbocycles. The highest BCUT2D eigenvalue weighted by atomic mass is 35.5. The van der Waals surface area contributed by atoms with E-state index in [1.165, 1.54) is 5.56 Å². The van der Waals surface area contributed by atoms with Crippen molar-refractivity contribution in [3.63, 3.8) is 0 Å². The molecule has 5 heteroatoms. The molecule has 0 amide bonds. The maximum absolute atomic E-state index is 6.29. The normalized spacial score (nSPS) is 20.3. The zero-order chi connectivity index (χ0) is 14.2. The van der Waals surface area contributed by atoms with E-state index in [1.807, 2.05) is 18.2 Å². The molecule has 0 saturated heterocycles. The van der Waals surface area contributed by atoms with Gasteiger partial charge in [0.15, 0.2) is 0 Å². The first-order valence-corrected chi connectivity index (χ1v) is 7.52. The van der Waals surface area contributed by atoms with Gasteiger partial charge in [0.05, 0.1) is 31.4 Å². The van der Waals surface area contributed by atoms with Crippen LogP contribution in [0.1, 0.15) is 28.6 Å². The highest BCUT2D eigenvalue weighted by molar-refractivity contribution is 6.30. The van der Waals surface area contributed by atoms with Gasteiger partial charge in [0.25, 0.3) is 0 Å². The molecule has 2 aliphatic heterocycles. The molecule has 4 nitrogen and oxygen atoms in total. The second kappa shape index (κ2) is 5.28. The molecule has 0 spiro atoms. The summed E-state index contributed by atoms with van der Waals surface area (Å²) in [6.07, 6.45) is 1.69. The van der Waals surface area contributed by atoms with Gasteiger partial charge in [-0.2, -0.15) is 0 Å². The molecule has 3 heterocycles. The number of nitrogens with zero attached hydrogens (tertiary/aromatic N) is 2. The second-order valence-electron chi connectivity index (χ2n) is 5.42. The Morgan fingerprint density at radius 2 is 2.10 bits per heavy atom. The van der Waals surface area contributed by atoms with Crippen LogP contribution in [0.15, 0.2) is 24.3 Å². The minimum Gasteiger partial charge on any atom is -0.493 e. The number of fused-ring (bicyclic) bond motifs is 2. The smallest absolute Gasteiger partial charge is 0.138 e. The van der Waals surface area contributed by atoms with Gasteiger partial charge < -0.3 is 9.47 Å². The van der Waals surface area contributed by atoms with Crippen molar-refractivity contribution in [2.75, 3.05) is 13.2 Å². The molecule has 2 aliphatic rings. The minimum atomic E-state index is 0.158. The molecule has 1 aromatic carbocycles. The lowest BCUT2D eigenvalue weighted by molar-refractivity contribution is 0.108. The van der Waals surface area contributed by atoms with Crippen LogP contribution in [0.3, 0.4) is 0 Å². The minimum absolute atomic E-state index is 0.158. The number of benzene rings is 1. The average molecular weight is 303 g/mol. The molecule has 2 aromatic rings. The predicted molar refractivity (Wildman–Crippen MR) is 78.8 cm³/mol. The first-order valence-electron chi connectivity index (χ1n) is 7.15. The molecule has 1 unspecified atom stereocenters. The van der Waals surface area contributed by atoms with Crippen molar-refractivity contribution >= 4 is 11.6 Å². The summed E-state index contributed by atoms with van der Waals surface area (Å²) in [7, 11) is 0. The topological polar surface area (TPSA) is 44.2 Å². The maximum Gasteiger partial charge on any atom is 0.138 e. The molecular formula is C16H15ClN2O2. The number of hydrogen-bond acceptors (Lipinski definition) is 4. The van der Waals surface area contributed by atoms with Crippen molar-refractivity contribution in [2.24, 2.45) is 0 Å². The van der Waals surface area contributed by atoms with Gasteiger partial charge in [-0.05, 0) is 18.1 Å². The van der Waals surface area contributed by atoms with Crippen LogP contribution in [0.4, 0.5) is 0 Å². The van der Waals surface area contributed by atoms with Crippen LogP contribution in [0, 0.1) is 0 Å². The van der Waals surface area contributed by atoms with Gasteiger partial charge in [0, 0.05) is 12.0 Å². The van der Waals surface area contributed by atoms with Gasteiger partial charge in [-0.1, -0.05) is 29.8 Å². The van der Waals surface area contributed by atoms with E-state index in [4.69, 9.17) is 26.1 Å². The van der Waals surface area contributed by atoms with Crippen molar-refractivity contribution in [2.45, 2.75) is 25.4 Å².